The normalized spacial score (nSPS) is 12.6. The lowest BCUT2D eigenvalue weighted by Gasteiger charge is -2.03. The molecule has 25 heavy (non-hydrogen) atoms. The van der Waals surface area contributed by atoms with Gasteiger partial charge in [0.25, 0.3) is 0 Å². The average Bonchev–Trinajstić information content (AvgIpc) is 2.96. The Morgan fingerprint density at radius 1 is 0.880 bits per heavy atom. The van der Waals surface area contributed by atoms with Gasteiger partial charge < -0.3 is 5.11 Å². The van der Waals surface area contributed by atoms with Gasteiger partial charge in [-0.25, -0.2) is 9.07 Å². The molecular weight excluding hydrogens is 332 g/mol. The Hall–Kier alpha value is -0.540. The van der Waals surface area contributed by atoms with Crippen molar-refractivity contribution in [2.75, 3.05) is 0 Å². The largest absolute Gasteiger partial charge is 0.387 e. The van der Waals surface area contributed by atoms with Gasteiger partial charge in [-0.3, -0.25) is 0 Å². The molecule has 1 heterocycles. The smallest absolute Gasteiger partial charge is 0.123 e. The molecule has 0 saturated carbocycles. The minimum Gasteiger partial charge on any atom is -0.387 e. The summed E-state index contributed by atoms with van der Waals surface area (Å²) in [5, 5.41) is 9.52. The summed E-state index contributed by atoms with van der Waals surface area (Å²) in [6.45, 7) is 4.00. The van der Waals surface area contributed by atoms with Crippen molar-refractivity contribution in [1.82, 2.24) is 9.07 Å². The molecule has 0 saturated heterocycles. The summed E-state index contributed by atoms with van der Waals surface area (Å²) in [6.07, 6.45) is 21.2. The van der Waals surface area contributed by atoms with Gasteiger partial charge in [0.05, 0.1) is 11.8 Å². The predicted molar refractivity (Wildman–Crippen MR) is 108 cm³/mol. The Kier molecular flexibility index (Phi) is 13.2. The number of hydrogen-bond acceptors (Lipinski definition) is 2. The van der Waals surface area contributed by atoms with Gasteiger partial charge in [-0.1, -0.05) is 90.4 Å². The minimum absolute atomic E-state index is 0.546. The van der Waals surface area contributed by atoms with Crippen molar-refractivity contribution >= 4 is 11.8 Å². The maximum absolute atomic E-state index is 9.52. The number of unbranched alkanes of at least 4 members (excludes halogenated alkanes) is 13. The molecule has 0 aliphatic carbocycles. The van der Waals surface area contributed by atoms with E-state index < -0.39 is 6.10 Å². The fraction of sp³-hybridized carbons (Fsp3) is 0.857. The number of hydrogen-bond donors (Lipinski definition) is 1. The van der Waals surface area contributed by atoms with Crippen LogP contribution >= 0.6 is 11.8 Å². The van der Waals surface area contributed by atoms with E-state index in [1.807, 2.05) is 0 Å². The molecule has 0 fully saturated rings. The summed E-state index contributed by atoms with van der Waals surface area (Å²) in [5.74, 6) is 0.872. The minimum atomic E-state index is -0.546. The van der Waals surface area contributed by atoms with Crippen molar-refractivity contribution in [2.45, 2.75) is 116 Å². The highest BCUT2D eigenvalue weighted by atomic mass is 35.5. The van der Waals surface area contributed by atoms with Gasteiger partial charge in [0.15, 0.2) is 0 Å². The number of nitrogens with zero attached hydrogens (tertiary/aromatic N) is 2. The summed E-state index contributed by atoms with van der Waals surface area (Å²) in [6, 6.07) is 0. The molecule has 1 aromatic heterocycles. The zero-order valence-corrected chi connectivity index (χ0v) is 17.2. The standard InChI is InChI=1S/C21H39ClN2O/c1-3-4-5-6-7-8-9-10-11-12-13-14-15-16-17-21-23-20(19(2)25)18-24(21)22/h18-19,25H,3-17H2,1-2H3. The van der Waals surface area contributed by atoms with Crippen molar-refractivity contribution < 1.29 is 5.11 Å². The van der Waals surface area contributed by atoms with Crippen LogP contribution in [0.2, 0.25) is 0 Å². The van der Waals surface area contributed by atoms with Crippen LogP contribution in [-0.4, -0.2) is 14.2 Å². The number of aliphatic hydroxyl groups is 1. The topological polar surface area (TPSA) is 38.1 Å². The van der Waals surface area contributed by atoms with E-state index in [-0.39, 0.29) is 0 Å². The van der Waals surface area contributed by atoms with E-state index in [1.54, 1.807) is 13.1 Å². The Labute approximate surface area is 160 Å². The maximum atomic E-state index is 9.52. The molecule has 4 heteroatoms. The van der Waals surface area contributed by atoms with Gasteiger partial charge in [-0.05, 0) is 13.3 Å². The molecule has 0 radical (unpaired) electrons. The Balaban J connectivity index is 1.88. The van der Waals surface area contributed by atoms with E-state index in [0.29, 0.717) is 5.69 Å². The van der Waals surface area contributed by atoms with Gasteiger partial charge in [-0.15, -0.1) is 0 Å². The number of aliphatic hydroxyl groups excluding tert-OH is 1. The first-order valence-electron chi connectivity index (χ1n) is 10.6. The zero-order valence-electron chi connectivity index (χ0n) is 16.5. The summed E-state index contributed by atoms with van der Waals surface area (Å²) in [5.41, 5.74) is 0.662. The third-order valence-corrected chi connectivity index (χ3v) is 5.23. The lowest BCUT2D eigenvalue weighted by Crippen LogP contribution is -1.94. The quantitative estimate of drug-likeness (QED) is 0.319. The van der Waals surface area contributed by atoms with Crippen LogP contribution in [0.5, 0.6) is 0 Å². The molecule has 0 amide bonds. The highest BCUT2D eigenvalue weighted by Gasteiger charge is 2.10. The lowest BCUT2D eigenvalue weighted by molar-refractivity contribution is 0.194. The van der Waals surface area contributed by atoms with Crippen molar-refractivity contribution in [3.05, 3.63) is 17.7 Å². The molecule has 1 rings (SSSR count). The number of aryl methyl sites for hydroxylation is 1. The Morgan fingerprint density at radius 3 is 1.72 bits per heavy atom. The Morgan fingerprint density at radius 2 is 1.32 bits per heavy atom. The van der Waals surface area contributed by atoms with Crippen molar-refractivity contribution in [3.8, 4) is 0 Å². The molecule has 1 N–H and O–H groups in total. The second-order valence-electron chi connectivity index (χ2n) is 7.42. The molecular formula is C21H39ClN2O. The molecule has 3 nitrogen and oxygen atoms in total. The van der Waals surface area contributed by atoms with Crippen LogP contribution in [0.1, 0.15) is 121 Å². The van der Waals surface area contributed by atoms with E-state index in [1.165, 1.54) is 87.6 Å². The summed E-state index contributed by atoms with van der Waals surface area (Å²) >= 11 is 6.09. The van der Waals surface area contributed by atoms with Crippen LogP contribution in [0.4, 0.5) is 0 Å². The number of halogens is 1. The first-order valence-corrected chi connectivity index (χ1v) is 10.9. The third-order valence-electron chi connectivity index (χ3n) is 4.93. The fourth-order valence-corrected chi connectivity index (χ4v) is 3.48. The number of imidazole rings is 1. The monoisotopic (exact) mass is 370 g/mol. The molecule has 1 unspecified atom stereocenters. The van der Waals surface area contributed by atoms with Crippen molar-refractivity contribution in [1.29, 1.82) is 0 Å². The first-order chi connectivity index (χ1) is 12.1. The third kappa shape index (κ3) is 10.9. The van der Waals surface area contributed by atoms with Crippen LogP contribution < -0.4 is 0 Å². The first kappa shape index (κ1) is 22.5. The van der Waals surface area contributed by atoms with Crippen LogP contribution in [0, 0.1) is 0 Å². The summed E-state index contributed by atoms with van der Waals surface area (Å²) < 4.78 is 1.53. The highest BCUT2D eigenvalue weighted by molar-refractivity contribution is 6.15. The molecule has 0 aliphatic heterocycles. The fourth-order valence-electron chi connectivity index (χ4n) is 3.26. The van der Waals surface area contributed by atoms with E-state index in [2.05, 4.69) is 11.9 Å². The molecule has 0 bridgehead atoms. The second kappa shape index (κ2) is 14.6. The van der Waals surface area contributed by atoms with Crippen LogP contribution in [-0.2, 0) is 6.42 Å². The van der Waals surface area contributed by atoms with Crippen LogP contribution in [0.25, 0.3) is 0 Å². The SMILES string of the molecule is CCCCCCCCCCCCCCCCc1nc(C(C)O)cn1Cl. The van der Waals surface area contributed by atoms with Crippen molar-refractivity contribution in [2.24, 2.45) is 0 Å². The van der Waals surface area contributed by atoms with E-state index in [4.69, 9.17) is 11.8 Å². The molecule has 146 valence electrons. The van der Waals surface area contributed by atoms with Crippen LogP contribution in [0.15, 0.2) is 6.20 Å². The van der Waals surface area contributed by atoms with E-state index in [0.717, 1.165) is 18.7 Å². The Bertz CT molecular complexity index is 432. The van der Waals surface area contributed by atoms with Gasteiger partial charge in [0.2, 0.25) is 0 Å². The number of rotatable bonds is 16. The van der Waals surface area contributed by atoms with Gasteiger partial charge in [0, 0.05) is 24.4 Å². The molecule has 0 aliphatic rings. The van der Waals surface area contributed by atoms with Crippen molar-refractivity contribution in [3.63, 3.8) is 0 Å². The molecule has 1 atom stereocenters. The molecule has 1 aromatic rings. The summed E-state index contributed by atoms with van der Waals surface area (Å²) in [4.78, 5) is 4.39. The maximum Gasteiger partial charge on any atom is 0.123 e. The van der Waals surface area contributed by atoms with E-state index >= 15 is 0 Å². The highest BCUT2D eigenvalue weighted by Crippen LogP contribution is 2.16. The molecule has 0 aromatic carbocycles. The van der Waals surface area contributed by atoms with E-state index in [9.17, 15) is 5.11 Å². The summed E-state index contributed by atoms with van der Waals surface area (Å²) in [7, 11) is 0. The average molecular weight is 371 g/mol. The lowest BCUT2D eigenvalue weighted by atomic mass is 10.0. The number of aromatic nitrogens is 2. The predicted octanol–water partition coefficient (Wildman–Crippen LogP) is 6.96. The zero-order chi connectivity index (χ0) is 18.3. The molecule has 0 spiro atoms. The van der Waals surface area contributed by atoms with Gasteiger partial charge >= 0.3 is 0 Å². The van der Waals surface area contributed by atoms with Crippen LogP contribution in [0.3, 0.4) is 0 Å². The van der Waals surface area contributed by atoms with Gasteiger partial charge in [-0.2, -0.15) is 0 Å². The second-order valence-corrected chi connectivity index (χ2v) is 7.78. The van der Waals surface area contributed by atoms with Gasteiger partial charge in [0.1, 0.15) is 5.82 Å².